The van der Waals surface area contributed by atoms with E-state index in [-0.39, 0.29) is 17.6 Å². The summed E-state index contributed by atoms with van der Waals surface area (Å²) in [6.45, 7) is 0.602. The smallest absolute Gasteiger partial charge is 0.387 e. The zero-order chi connectivity index (χ0) is 20.4. The summed E-state index contributed by atoms with van der Waals surface area (Å²) in [5.74, 6) is -0.300. The maximum Gasteiger partial charge on any atom is 0.387 e. The molecule has 2 aromatic carbocycles. The van der Waals surface area contributed by atoms with Gasteiger partial charge in [0.2, 0.25) is 5.91 Å². The number of nitrogens with one attached hydrogen (secondary N) is 1. The molecule has 1 saturated heterocycles. The first-order chi connectivity index (χ1) is 14.0. The van der Waals surface area contributed by atoms with Gasteiger partial charge in [-0.3, -0.25) is 4.79 Å². The number of carbonyl (C=O) groups is 1. The average molecular weight is 417 g/mol. The van der Waals surface area contributed by atoms with E-state index in [1.165, 1.54) is 17.7 Å². The Labute approximate surface area is 171 Å². The number of rotatable bonds is 5. The van der Waals surface area contributed by atoms with Crippen molar-refractivity contribution in [3.8, 4) is 5.75 Å². The Balaban J connectivity index is 1.44. The number of nitrogens with zero attached hydrogens (tertiary/aromatic N) is 2. The molecular weight excluding hydrogens is 396 g/mol. The van der Waals surface area contributed by atoms with Crippen molar-refractivity contribution in [1.29, 1.82) is 0 Å². The van der Waals surface area contributed by atoms with Crippen molar-refractivity contribution < 1.29 is 18.3 Å². The number of fused-ring (bicyclic) bond motifs is 1. The van der Waals surface area contributed by atoms with E-state index >= 15 is 0 Å². The first-order valence-electron chi connectivity index (χ1n) is 9.46. The fourth-order valence-corrected chi connectivity index (χ4v) is 4.61. The minimum atomic E-state index is -2.90. The molecule has 5 nitrogen and oxygen atoms in total. The van der Waals surface area contributed by atoms with E-state index in [0.717, 1.165) is 34.7 Å². The Morgan fingerprint density at radius 2 is 2.17 bits per heavy atom. The Morgan fingerprint density at radius 1 is 1.31 bits per heavy atom. The second-order valence-electron chi connectivity index (χ2n) is 7.15. The summed E-state index contributed by atoms with van der Waals surface area (Å²) in [4.78, 5) is 19.6. The summed E-state index contributed by atoms with van der Waals surface area (Å²) in [5.41, 5.74) is 2.61. The van der Waals surface area contributed by atoms with Crippen molar-refractivity contribution in [3.05, 3.63) is 48.0 Å². The molecule has 1 unspecified atom stereocenters. The van der Waals surface area contributed by atoms with E-state index in [2.05, 4.69) is 27.9 Å². The zero-order valence-corrected chi connectivity index (χ0v) is 16.7. The Morgan fingerprint density at radius 3 is 3.00 bits per heavy atom. The molecule has 1 fully saturated rings. The highest BCUT2D eigenvalue weighted by Gasteiger charge is 2.27. The topological polar surface area (TPSA) is 54.5 Å². The number of piperidine rings is 1. The molecule has 8 heteroatoms. The number of hydrogen-bond donors (Lipinski definition) is 1. The number of thiazole rings is 1. The van der Waals surface area contributed by atoms with Crippen LogP contribution in [0.15, 0.2) is 42.5 Å². The Kier molecular flexibility index (Phi) is 5.62. The summed E-state index contributed by atoms with van der Waals surface area (Å²) in [7, 11) is 0. The number of alkyl halides is 2. The first kappa shape index (κ1) is 19.6. The van der Waals surface area contributed by atoms with Crippen LogP contribution < -0.4 is 15.0 Å². The highest BCUT2D eigenvalue weighted by molar-refractivity contribution is 7.22. The van der Waals surface area contributed by atoms with Gasteiger partial charge in [0.25, 0.3) is 0 Å². The minimum Gasteiger partial charge on any atom is -0.435 e. The van der Waals surface area contributed by atoms with Gasteiger partial charge in [-0.2, -0.15) is 8.78 Å². The van der Waals surface area contributed by atoms with E-state index in [9.17, 15) is 13.6 Å². The van der Waals surface area contributed by atoms with E-state index in [4.69, 9.17) is 4.98 Å². The van der Waals surface area contributed by atoms with Crippen LogP contribution in [0.3, 0.4) is 0 Å². The predicted molar refractivity (Wildman–Crippen MR) is 111 cm³/mol. The summed E-state index contributed by atoms with van der Waals surface area (Å²) < 4.78 is 30.3. The number of aryl methyl sites for hydroxylation is 1. The van der Waals surface area contributed by atoms with Crippen LogP contribution >= 0.6 is 11.3 Å². The fraction of sp³-hybridized carbons (Fsp3) is 0.333. The fourth-order valence-electron chi connectivity index (χ4n) is 3.51. The normalized spacial score (nSPS) is 17.0. The number of hydrogen-bond acceptors (Lipinski definition) is 5. The molecule has 1 atom stereocenters. The zero-order valence-electron chi connectivity index (χ0n) is 15.9. The van der Waals surface area contributed by atoms with Gasteiger partial charge in [0.05, 0.1) is 16.1 Å². The number of aromatic nitrogens is 1. The van der Waals surface area contributed by atoms with E-state index < -0.39 is 6.61 Å². The van der Waals surface area contributed by atoms with Crippen molar-refractivity contribution in [3.63, 3.8) is 0 Å². The minimum absolute atomic E-state index is 0.0211. The van der Waals surface area contributed by atoms with Gasteiger partial charge in [-0.1, -0.05) is 23.5 Å². The molecule has 1 N–H and O–H groups in total. The first-order valence-corrected chi connectivity index (χ1v) is 10.3. The molecule has 152 valence electrons. The van der Waals surface area contributed by atoms with Crippen LogP contribution in [0.4, 0.5) is 19.6 Å². The third-order valence-corrected chi connectivity index (χ3v) is 6.00. The van der Waals surface area contributed by atoms with Gasteiger partial charge in [-0.15, -0.1) is 0 Å². The van der Waals surface area contributed by atoms with Crippen LogP contribution in [0.5, 0.6) is 5.75 Å². The Bertz CT molecular complexity index is 1020. The lowest BCUT2D eigenvalue weighted by molar-refractivity contribution is -0.120. The number of halogens is 2. The molecule has 1 aliphatic rings. The molecule has 0 radical (unpaired) electrons. The molecule has 0 spiro atoms. The van der Waals surface area contributed by atoms with Crippen LogP contribution in [-0.2, 0) is 4.79 Å². The van der Waals surface area contributed by atoms with Crippen molar-refractivity contribution in [2.45, 2.75) is 26.4 Å². The second kappa shape index (κ2) is 8.32. The van der Waals surface area contributed by atoms with Gasteiger partial charge in [0.15, 0.2) is 5.13 Å². The lowest BCUT2D eigenvalue weighted by Crippen LogP contribution is -2.40. The third kappa shape index (κ3) is 4.64. The number of benzene rings is 2. The number of carbonyl (C=O) groups excluding carboxylic acids is 1. The predicted octanol–water partition coefficient (Wildman–Crippen LogP) is 5.06. The van der Waals surface area contributed by atoms with Crippen molar-refractivity contribution in [2.24, 2.45) is 5.92 Å². The lowest BCUT2D eigenvalue weighted by atomic mass is 9.97. The summed E-state index contributed by atoms with van der Waals surface area (Å²) in [6, 6.07) is 12.3. The second-order valence-corrected chi connectivity index (χ2v) is 8.16. The average Bonchev–Trinajstić information content (AvgIpc) is 3.11. The van der Waals surface area contributed by atoms with Crippen molar-refractivity contribution in [1.82, 2.24) is 4.98 Å². The molecule has 4 rings (SSSR count). The molecule has 0 aliphatic carbocycles. The lowest BCUT2D eigenvalue weighted by Gasteiger charge is -2.31. The number of anilines is 2. The monoisotopic (exact) mass is 417 g/mol. The van der Waals surface area contributed by atoms with Crippen LogP contribution in [0.25, 0.3) is 10.2 Å². The molecule has 3 aromatic rings. The van der Waals surface area contributed by atoms with Gasteiger partial charge >= 0.3 is 6.61 Å². The SMILES string of the molecule is Cc1ccc2nc(N3CCCC(C(=O)Nc4cccc(OC(F)F)c4)C3)sc2c1. The van der Waals surface area contributed by atoms with Crippen LogP contribution in [0, 0.1) is 12.8 Å². The van der Waals surface area contributed by atoms with Crippen molar-refractivity contribution >= 4 is 38.3 Å². The molecule has 29 heavy (non-hydrogen) atoms. The van der Waals surface area contributed by atoms with Gasteiger partial charge in [0.1, 0.15) is 5.75 Å². The van der Waals surface area contributed by atoms with Crippen LogP contribution in [0.1, 0.15) is 18.4 Å². The number of ether oxygens (including phenoxy) is 1. The van der Waals surface area contributed by atoms with E-state index in [1.807, 2.05) is 12.1 Å². The van der Waals surface area contributed by atoms with Gasteiger partial charge in [0, 0.05) is 24.8 Å². The highest BCUT2D eigenvalue weighted by Crippen LogP contribution is 2.32. The van der Waals surface area contributed by atoms with Gasteiger partial charge in [-0.25, -0.2) is 4.98 Å². The van der Waals surface area contributed by atoms with Crippen LogP contribution in [-0.4, -0.2) is 30.6 Å². The standard InChI is InChI=1S/C21H21F2N3O2S/c1-13-7-8-17-18(10-13)29-21(25-17)26-9-3-4-14(12-26)19(27)24-15-5-2-6-16(11-15)28-20(22)23/h2,5-8,10-11,14,20H,3-4,9,12H2,1H3,(H,24,27). The van der Waals surface area contributed by atoms with Crippen LogP contribution in [0.2, 0.25) is 0 Å². The number of amides is 1. The quantitative estimate of drug-likeness (QED) is 0.630. The Hall–Kier alpha value is -2.74. The van der Waals surface area contributed by atoms with Gasteiger partial charge < -0.3 is 15.0 Å². The molecule has 1 aromatic heterocycles. The summed E-state index contributed by atoms with van der Waals surface area (Å²) >= 11 is 1.64. The maximum atomic E-state index is 12.8. The van der Waals surface area contributed by atoms with E-state index in [0.29, 0.717) is 12.2 Å². The molecule has 1 amide bonds. The summed E-state index contributed by atoms with van der Waals surface area (Å²) in [6.07, 6.45) is 1.67. The maximum absolute atomic E-state index is 12.8. The van der Waals surface area contributed by atoms with Crippen molar-refractivity contribution in [2.75, 3.05) is 23.3 Å². The molecule has 1 aliphatic heterocycles. The molecule has 0 bridgehead atoms. The third-order valence-electron chi connectivity index (χ3n) is 4.92. The largest absolute Gasteiger partial charge is 0.435 e. The highest BCUT2D eigenvalue weighted by atomic mass is 32.1. The summed E-state index contributed by atoms with van der Waals surface area (Å²) in [5, 5.41) is 3.75. The molecular formula is C21H21F2N3O2S. The van der Waals surface area contributed by atoms with Gasteiger partial charge in [-0.05, 0) is 49.6 Å². The molecule has 0 saturated carbocycles. The van der Waals surface area contributed by atoms with E-state index in [1.54, 1.807) is 23.5 Å². The molecule has 2 heterocycles.